The molecule has 0 atom stereocenters. The molecule has 4 aliphatic carbocycles. The zero-order chi connectivity index (χ0) is 24.8. The molecule has 4 saturated carbocycles. The van der Waals surface area contributed by atoms with Crippen LogP contribution in [0.15, 0.2) is 48.9 Å². The van der Waals surface area contributed by atoms with Gasteiger partial charge in [-0.05, 0) is 98.6 Å². The predicted molar refractivity (Wildman–Crippen MR) is 145 cm³/mol. The molecule has 2 aromatic heterocycles. The minimum absolute atomic E-state index is 0.0756. The van der Waals surface area contributed by atoms with Gasteiger partial charge in [-0.2, -0.15) is 0 Å². The first-order valence-corrected chi connectivity index (χ1v) is 13.8. The highest BCUT2D eigenvalue weighted by molar-refractivity contribution is 6.35. The van der Waals surface area contributed by atoms with Crippen molar-refractivity contribution in [3.63, 3.8) is 0 Å². The summed E-state index contributed by atoms with van der Waals surface area (Å²) in [6, 6.07) is 9.91. The third kappa shape index (κ3) is 4.46. The summed E-state index contributed by atoms with van der Waals surface area (Å²) in [5.74, 6) is 3.54. The Bertz CT molecular complexity index is 1240. The van der Waals surface area contributed by atoms with Crippen molar-refractivity contribution >= 4 is 29.1 Å². The summed E-state index contributed by atoms with van der Waals surface area (Å²) in [5, 5.41) is 8.05. The molecular weight excluding hydrogens is 491 g/mol. The third-order valence-corrected chi connectivity index (χ3v) is 9.16. The molecule has 0 unspecified atom stereocenters. The lowest BCUT2D eigenvalue weighted by Gasteiger charge is -2.54. The number of aromatic nitrogens is 2. The van der Waals surface area contributed by atoms with E-state index in [9.17, 15) is 4.79 Å². The number of halogens is 2. The molecule has 0 aliphatic heterocycles. The van der Waals surface area contributed by atoms with Crippen molar-refractivity contribution in [2.24, 2.45) is 23.7 Å². The fraction of sp³-hybridized carbons (Fsp3) is 0.448. The Kier molecular flexibility index (Phi) is 6.57. The van der Waals surface area contributed by atoms with Gasteiger partial charge in [0.15, 0.2) is 0 Å². The number of carbonyl (C=O) groups is 1. The van der Waals surface area contributed by atoms with Gasteiger partial charge in [0.2, 0.25) is 0 Å². The number of pyridine rings is 1. The molecule has 4 bridgehead atoms. The Labute approximate surface area is 222 Å². The van der Waals surface area contributed by atoms with Gasteiger partial charge in [-0.1, -0.05) is 23.2 Å². The average Bonchev–Trinajstić information content (AvgIpc) is 3.20. The Balaban J connectivity index is 1.18. The summed E-state index contributed by atoms with van der Waals surface area (Å²) in [6.45, 7) is 3.39. The van der Waals surface area contributed by atoms with Gasteiger partial charge < -0.3 is 15.2 Å². The van der Waals surface area contributed by atoms with Crippen LogP contribution in [-0.2, 0) is 0 Å². The molecule has 188 valence electrons. The van der Waals surface area contributed by atoms with Crippen molar-refractivity contribution in [2.75, 3.05) is 13.1 Å². The normalized spacial score (nSPS) is 26.4. The number of carbonyl (C=O) groups excluding carboxylic acids is 1. The van der Waals surface area contributed by atoms with E-state index < -0.39 is 0 Å². The van der Waals surface area contributed by atoms with E-state index in [-0.39, 0.29) is 5.91 Å². The summed E-state index contributed by atoms with van der Waals surface area (Å²) in [6.07, 6.45) is 12.5. The molecule has 7 heteroatoms. The largest absolute Gasteiger partial charge is 0.351 e. The molecule has 0 radical (unpaired) electrons. The lowest BCUT2D eigenvalue weighted by Crippen LogP contribution is -2.55. The van der Waals surface area contributed by atoms with Crippen LogP contribution in [0.3, 0.4) is 0 Å². The zero-order valence-electron chi connectivity index (χ0n) is 20.5. The maximum Gasteiger partial charge on any atom is 0.253 e. The zero-order valence-corrected chi connectivity index (χ0v) is 22.0. The van der Waals surface area contributed by atoms with Gasteiger partial charge in [0.25, 0.3) is 5.91 Å². The molecule has 2 heterocycles. The number of nitrogens with one attached hydrogen (secondary N) is 2. The number of nitrogens with zero attached hydrogens (tertiary/aromatic N) is 2. The van der Waals surface area contributed by atoms with E-state index in [2.05, 4.69) is 15.6 Å². The molecule has 3 aromatic rings. The number of amides is 1. The van der Waals surface area contributed by atoms with E-state index >= 15 is 0 Å². The average molecular weight is 524 g/mol. The SMILES string of the molecule is Cc1c(C(=O)NCCNC2C3CC4CC(C3)CC2C4)cn(-c2ccc(Cl)cc2Cl)c1-c1cccnc1. The maximum atomic E-state index is 13.3. The second kappa shape index (κ2) is 9.85. The molecule has 1 amide bonds. The maximum absolute atomic E-state index is 13.3. The monoisotopic (exact) mass is 522 g/mol. The number of rotatable bonds is 7. The Morgan fingerprint density at radius 1 is 1.06 bits per heavy atom. The lowest BCUT2D eigenvalue weighted by atomic mass is 9.54. The summed E-state index contributed by atoms with van der Waals surface area (Å²) < 4.78 is 1.96. The molecule has 2 N–H and O–H groups in total. The van der Waals surface area contributed by atoms with Crippen molar-refractivity contribution in [3.8, 4) is 16.9 Å². The van der Waals surface area contributed by atoms with Crippen LogP contribution >= 0.6 is 23.2 Å². The van der Waals surface area contributed by atoms with Gasteiger partial charge in [0.1, 0.15) is 0 Å². The van der Waals surface area contributed by atoms with E-state index in [0.717, 1.165) is 52.7 Å². The van der Waals surface area contributed by atoms with E-state index in [1.165, 1.54) is 32.1 Å². The van der Waals surface area contributed by atoms with Crippen LogP contribution in [0.2, 0.25) is 10.0 Å². The molecule has 4 fully saturated rings. The van der Waals surface area contributed by atoms with Crippen molar-refractivity contribution in [2.45, 2.75) is 45.1 Å². The number of benzene rings is 1. The summed E-state index contributed by atoms with van der Waals surface area (Å²) in [7, 11) is 0. The second-order valence-corrected chi connectivity index (χ2v) is 11.7. The van der Waals surface area contributed by atoms with Gasteiger partial charge in [-0.25, -0.2) is 0 Å². The molecule has 5 nitrogen and oxygen atoms in total. The van der Waals surface area contributed by atoms with Crippen LogP contribution in [0.5, 0.6) is 0 Å². The molecule has 36 heavy (non-hydrogen) atoms. The standard InChI is InChI=1S/C29H32Cl2N4O/c1-17-24(29(36)34-8-7-33-27-21-10-18-9-19(12-21)13-22(27)11-18)16-35(26-5-4-23(30)14-25(26)31)28(17)20-3-2-6-32-15-20/h2-6,14-16,18-19,21-22,27,33H,7-13H2,1H3,(H,34,36). The first-order valence-electron chi connectivity index (χ1n) is 13.1. The molecule has 4 aliphatic rings. The van der Waals surface area contributed by atoms with Crippen LogP contribution in [-0.4, -0.2) is 34.6 Å². The number of hydrogen-bond acceptors (Lipinski definition) is 3. The number of hydrogen-bond donors (Lipinski definition) is 2. The van der Waals surface area contributed by atoms with Crippen molar-refractivity contribution in [1.29, 1.82) is 0 Å². The predicted octanol–water partition coefficient (Wildman–Crippen LogP) is 6.30. The van der Waals surface area contributed by atoms with Crippen LogP contribution in [0.25, 0.3) is 16.9 Å². The van der Waals surface area contributed by atoms with E-state index in [4.69, 9.17) is 23.2 Å². The highest BCUT2D eigenvalue weighted by Gasteiger charge is 2.47. The van der Waals surface area contributed by atoms with E-state index in [1.54, 1.807) is 24.5 Å². The quantitative estimate of drug-likeness (QED) is 0.358. The molecule has 0 spiro atoms. The Morgan fingerprint density at radius 3 is 2.47 bits per heavy atom. The van der Waals surface area contributed by atoms with E-state index in [1.807, 2.05) is 35.9 Å². The van der Waals surface area contributed by atoms with Crippen molar-refractivity contribution < 1.29 is 4.79 Å². The van der Waals surface area contributed by atoms with Gasteiger partial charge in [-0.15, -0.1) is 0 Å². The molecule has 0 saturated heterocycles. The Morgan fingerprint density at radius 2 is 1.81 bits per heavy atom. The second-order valence-electron chi connectivity index (χ2n) is 10.9. The van der Waals surface area contributed by atoms with Gasteiger partial charge in [0.05, 0.1) is 22.0 Å². The first kappa shape index (κ1) is 24.0. The summed E-state index contributed by atoms with van der Waals surface area (Å²) in [5.41, 5.74) is 4.11. The minimum Gasteiger partial charge on any atom is -0.351 e. The van der Waals surface area contributed by atoms with Gasteiger partial charge >= 0.3 is 0 Å². The fourth-order valence-electron chi connectivity index (χ4n) is 7.32. The third-order valence-electron chi connectivity index (χ3n) is 8.62. The smallest absolute Gasteiger partial charge is 0.253 e. The summed E-state index contributed by atoms with van der Waals surface area (Å²) in [4.78, 5) is 17.6. The Hall–Kier alpha value is -2.34. The molecular formula is C29H32Cl2N4O. The van der Waals surface area contributed by atoms with Crippen LogP contribution in [0, 0.1) is 30.6 Å². The molecule has 7 rings (SSSR count). The van der Waals surface area contributed by atoms with Crippen molar-refractivity contribution in [3.05, 3.63) is 70.1 Å². The highest BCUT2D eigenvalue weighted by Crippen LogP contribution is 2.53. The van der Waals surface area contributed by atoms with Gasteiger partial charge in [0, 0.05) is 48.3 Å². The van der Waals surface area contributed by atoms with Gasteiger partial charge in [-0.3, -0.25) is 9.78 Å². The minimum atomic E-state index is -0.0756. The lowest BCUT2D eigenvalue weighted by molar-refractivity contribution is -0.0133. The summed E-state index contributed by atoms with van der Waals surface area (Å²) >= 11 is 12.7. The van der Waals surface area contributed by atoms with Crippen LogP contribution < -0.4 is 10.6 Å². The van der Waals surface area contributed by atoms with Crippen LogP contribution in [0.4, 0.5) is 0 Å². The topological polar surface area (TPSA) is 59.0 Å². The highest BCUT2D eigenvalue weighted by atomic mass is 35.5. The van der Waals surface area contributed by atoms with Crippen LogP contribution in [0.1, 0.15) is 48.0 Å². The fourth-order valence-corrected chi connectivity index (χ4v) is 7.82. The van der Waals surface area contributed by atoms with E-state index in [0.29, 0.717) is 28.2 Å². The molecule has 1 aromatic carbocycles. The first-order chi connectivity index (χ1) is 17.5. The van der Waals surface area contributed by atoms with Crippen molar-refractivity contribution in [1.82, 2.24) is 20.2 Å².